The Morgan fingerprint density at radius 3 is 2.19 bits per heavy atom. The van der Waals surface area contributed by atoms with E-state index in [0.29, 0.717) is 29.5 Å². The van der Waals surface area contributed by atoms with Gasteiger partial charge < -0.3 is 19.7 Å². The molecule has 146 valence electrons. The van der Waals surface area contributed by atoms with Gasteiger partial charge in [0.05, 0.1) is 22.9 Å². The molecule has 3 N–H and O–H groups in total. The number of nitrogens with zero attached hydrogens (tertiary/aromatic N) is 1. The fraction of sp³-hybridized carbons (Fsp3) is 0.278. The van der Waals surface area contributed by atoms with Gasteiger partial charge in [-0.05, 0) is 49.4 Å². The molecule has 9 heteroatoms. The number of ether oxygens (including phenoxy) is 2. The van der Waals surface area contributed by atoms with Gasteiger partial charge in [0.2, 0.25) is 10.0 Å². The molecule has 0 saturated carbocycles. The Morgan fingerprint density at radius 2 is 1.67 bits per heavy atom. The quantitative estimate of drug-likeness (QED) is 0.708. The van der Waals surface area contributed by atoms with Crippen LogP contribution in [0.4, 0.5) is 11.4 Å². The Kier molecular flexibility index (Phi) is 6.65. The summed E-state index contributed by atoms with van der Waals surface area (Å²) < 4.78 is 33.9. The maximum atomic E-state index is 12.2. The summed E-state index contributed by atoms with van der Waals surface area (Å²) >= 11 is 0. The monoisotopic (exact) mass is 393 g/mol. The molecule has 0 atom stereocenters. The number of carbonyl (C=O) groups is 1. The van der Waals surface area contributed by atoms with Gasteiger partial charge >= 0.3 is 0 Å². The smallest absolute Gasteiger partial charge is 0.262 e. The first-order valence-corrected chi connectivity index (χ1v) is 9.75. The van der Waals surface area contributed by atoms with Crippen molar-refractivity contribution in [3.63, 3.8) is 0 Å². The summed E-state index contributed by atoms with van der Waals surface area (Å²) in [5.74, 6) is 0.794. The van der Waals surface area contributed by atoms with E-state index < -0.39 is 15.9 Å². The molecule has 27 heavy (non-hydrogen) atoms. The number of nitrogens with one attached hydrogen (secondary N) is 1. The number of anilines is 2. The van der Waals surface area contributed by atoms with Gasteiger partial charge in [0.15, 0.2) is 6.61 Å². The second kappa shape index (κ2) is 8.74. The number of hydrogen-bond acceptors (Lipinski definition) is 6. The van der Waals surface area contributed by atoms with Crippen LogP contribution >= 0.6 is 0 Å². The minimum absolute atomic E-state index is 0.0872. The van der Waals surface area contributed by atoms with Crippen LogP contribution in [0.25, 0.3) is 0 Å². The Hall–Kier alpha value is -2.78. The van der Waals surface area contributed by atoms with Crippen LogP contribution in [0.15, 0.2) is 47.4 Å². The van der Waals surface area contributed by atoms with Crippen LogP contribution in [0.3, 0.4) is 0 Å². The predicted molar refractivity (Wildman–Crippen MR) is 104 cm³/mol. The zero-order valence-corrected chi connectivity index (χ0v) is 16.2. The van der Waals surface area contributed by atoms with Gasteiger partial charge in [-0.1, -0.05) is 0 Å². The van der Waals surface area contributed by atoms with Crippen molar-refractivity contribution >= 4 is 27.3 Å². The van der Waals surface area contributed by atoms with Gasteiger partial charge in [0.25, 0.3) is 5.91 Å². The van der Waals surface area contributed by atoms with E-state index in [1.807, 2.05) is 6.92 Å². The minimum atomic E-state index is -3.88. The van der Waals surface area contributed by atoms with Crippen molar-refractivity contribution in [2.24, 2.45) is 5.14 Å². The molecular formula is C18H23N3O5S. The molecule has 0 fully saturated rings. The van der Waals surface area contributed by atoms with Crippen molar-refractivity contribution in [3.8, 4) is 11.5 Å². The van der Waals surface area contributed by atoms with Crippen LogP contribution in [-0.2, 0) is 14.8 Å². The van der Waals surface area contributed by atoms with Crippen LogP contribution < -0.4 is 24.8 Å². The second-order valence-electron chi connectivity index (χ2n) is 5.86. The summed E-state index contributed by atoms with van der Waals surface area (Å²) in [5.41, 5.74) is 0.962. The standard InChI is InChI=1S/C18H23N3O5S/c1-4-25-13-5-7-14(8-6-13)26-12-18(22)20-16-11-15(27(19,23)24)9-10-17(16)21(2)3/h5-11H,4,12H2,1-3H3,(H,20,22)(H2,19,23,24). The largest absolute Gasteiger partial charge is 0.494 e. The van der Waals surface area contributed by atoms with Crippen molar-refractivity contribution in [2.75, 3.05) is 37.5 Å². The molecule has 0 spiro atoms. The van der Waals surface area contributed by atoms with Crippen LogP contribution in [0, 0.1) is 0 Å². The van der Waals surface area contributed by atoms with Crippen molar-refractivity contribution in [2.45, 2.75) is 11.8 Å². The molecule has 1 amide bonds. The van der Waals surface area contributed by atoms with Gasteiger partial charge in [0.1, 0.15) is 11.5 Å². The number of hydrogen-bond donors (Lipinski definition) is 2. The zero-order chi connectivity index (χ0) is 20.0. The molecule has 2 aromatic rings. The van der Waals surface area contributed by atoms with Gasteiger partial charge in [-0.2, -0.15) is 0 Å². The first kappa shape index (κ1) is 20.5. The molecule has 0 aliphatic heterocycles. The Morgan fingerprint density at radius 1 is 1.07 bits per heavy atom. The molecule has 0 aliphatic carbocycles. The topological polar surface area (TPSA) is 111 Å². The van der Waals surface area contributed by atoms with E-state index in [2.05, 4.69) is 5.32 Å². The highest BCUT2D eigenvalue weighted by molar-refractivity contribution is 7.89. The van der Waals surface area contributed by atoms with E-state index in [9.17, 15) is 13.2 Å². The molecule has 0 unspecified atom stereocenters. The summed E-state index contributed by atoms with van der Waals surface area (Å²) in [6.07, 6.45) is 0. The van der Waals surface area contributed by atoms with Crippen molar-refractivity contribution in [1.82, 2.24) is 0 Å². The van der Waals surface area contributed by atoms with Crippen molar-refractivity contribution in [1.29, 1.82) is 0 Å². The van der Waals surface area contributed by atoms with E-state index in [1.54, 1.807) is 49.3 Å². The summed E-state index contributed by atoms with van der Waals surface area (Å²) in [7, 11) is -0.329. The predicted octanol–water partition coefficient (Wildman–Crippen LogP) is 1.82. The van der Waals surface area contributed by atoms with Crippen LogP contribution in [0.2, 0.25) is 0 Å². The highest BCUT2D eigenvalue weighted by Gasteiger charge is 2.15. The first-order valence-electron chi connectivity index (χ1n) is 8.20. The molecule has 2 rings (SSSR count). The van der Waals surface area contributed by atoms with E-state index >= 15 is 0 Å². The summed E-state index contributed by atoms with van der Waals surface area (Å²) in [4.78, 5) is 13.9. The third kappa shape index (κ3) is 5.87. The fourth-order valence-electron chi connectivity index (χ4n) is 2.32. The Balaban J connectivity index is 2.07. The van der Waals surface area contributed by atoms with Crippen LogP contribution in [0.1, 0.15) is 6.92 Å². The van der Waals surface area contributed by atoms with Crippen molar-refractivity contribution < 1.29 is 22.7 Å². The first-order chi connectivity index (χ1) is 12.7. The van der Waals surface area contributed by atoms with Gasteiger partial charge in [0, 0.05) is 14.1 Å². The lowest BCUT2D eigenvalue weighted by atomic mass is 10.2. The van der Waals surface area contributed by atoms with E-state index in [1.165, 1.54) is 12.1 Å². The molecule has 8 nitrogen and oxygen atoms in total. The van der Waals surface area contributed by atoms with Gasteiger partial charge in [-0.25, -0.2) is 13.6 Å². The number of amides is 1. The average molecular weight is 393 g/mol. The molecule has 0 bridgehead atoms. The number of carbonyl (C=O) groups excluding carboxylic acids is 1. The molecule has 0 radical (unpaired) electrons. The number of nitrogens with two attached hydrogens (primary N) is 1. The highest BCUT2D eigenvalue weighted by Crippen LogP contribution is 2.27. The maximum absolute atomic E-state index is 12.2. The number of benzene rings is 2. The molecular weight excluding hydrogens is 370 g/mol. The summed E-state index contributed by atoms with van der Waals surface area (Å²) in [5, 5.41) is 7.82. The SMILES string of the molecule is CCOc1ccc(OCC(=O)Nc2cc(S(N)(=O)=O)ccc2N(C)C)cc1. The third-order valence-electron chi connectivity index (χ3n) is 3.56. The van der Waals surface area contributed by atoms with E-state index in [-0.39, 0.29) is 11.5 Å². The molecule has 2 aromatic carbocycles. The average Bonchev–Trinajstić information content (AvgIpc) is 2.60. The molecule has 0 aromatic heterocycles. The van der Waals surface area contributed by atoms with Gasteiger partial charge in [-0.3, -0.25) is 4.79 Å². The van der Waals surface area contributed by atoms with Crippen LogP contribution in [-0.4, -0.2) is 41.6 Å². The Labute approximate surface area is 158 Å². The van der Waals surface area contributed by atoms with Crippen LogP contribution in [0.5, 0.6) is 11.5 Å². The second-order valence-corrected chi connectivity index (χ2v) is 7.42. The lowest BCUT2D eigenvalue weighted by Gasteiger charge is -2.19. The minimum Gasteiger partial charge on any atom is -0.494 e. The maximum Gasteiger partial charge on any atom is 0.262 e. The van der Waals surface area contributed by atoms with E-state index in [0.717, 1.165) is 0 Å². The normalized spacial score (nSPS) is 11.0. The molecule has 0 aliphatic rings. The lowest BCUT2D eigenvalue weighted by molar-refractivity contribution is -0.118. The highest BCUT2D eigenvalue weighted by atomic mass is 32.2. The van der Waals surface area contributed by atoms with Crippen molar-refractivity contribution in [3.05, 3.63) is 42.5 Å². The lowest BCUT2D eigenvalue weighted by Crippen LogP contribution is -2.23. The third-order valence-corrected chi connectivity index (χ3v) is 4.47. The van der Waals surface area contributed by atoms with E-state index in [4.69, 9.17) is 14.6 Å². The number of sulfonamides is 1. The number of rotatable bonds is 8. The van der Waals surface area contributed by atoms with Gasteiger partial charge in [-0.15, -0.1) is 0 Å². The molecule has 0 saturated heterocycles. The Bertz CT molecular complexity index is 896. The summed E-state index contributed by atoms with van der Waals surface area (Å²) in [6.45, 7) is 2.22. The fourth-order valence-corrected chi connectivity index (χ4v) is 2.86. The summed E-state index contributed by atoms with van der Waals surface area (Å²) in [6, 6.07) is 11.2. The zero-order valence-electron chi connectivity index (χ0n) is 15.4. The number of primary sulfonamides is 1. The molecule has 0 heterocycles.